The van der Waals surface area contributed by atoms with E-state index in [-0.39, 0.29) is 11.2 Å². The highest BCUT2D eigenvalue weighted by atomic mass is 79.9. The maximum atomic E-state index is 10.9. The van der Waals surface area contributed by atoms with Crippen LogP contribution in [0.4, 0.5) is 0 Å². The molecule has 6 heteroatoms. The molecule has 1 fully saturated rings. The molecule has 5 nitrogen and oxygen atoms in total. The average molecular weight is 344 g/mol. The van der Waals surface area contributed by atoms with Crippen LogP contribution >= 0.6 is 15.9 Å². The normalized spacial score (nSPS) is 22.1. The number of benzene rings is 1. The second-order valence-corrected chi connectivity index (χ2v) is 5.76. The summed E-state index contributed by atoms with van der Waals surface area (Å²) in [6.45, 7) is 2.68. The zero-order chi connectivity index (χ0) is 14.6. The van der Waals surface area contributed by atoms with Crippen molar-refractivity contribution in [3.8, 4) is 0 Å². The lowest BCUT2D eigenvalue weighted by Gasteiger charge is -2.26. The van der Waals surface area contributed by atoms with E-state index in [4.69, 9.17) is 14.6 Å². The fourth-order valence-corrected chi connectivity index (χ4v) is 2.73. The molecule has 1 heterocycles. The van der Waals surface area contributed by atoms with Crippen LogP contribution in [0.5, 0.6) is 0 Å². The Bertz CT molecular complexity index is 486. The number of halogens is 1. The van der Waals surface area contributed by atoms with E-state index in [9.17, 15) is 4.79 Å². The fraction of sp³-hybridized carbons (Fsp3) is 0.500. The second kappa shape index (κ2) is 6.67. The summed E-state index contributed by atoms with van der Waals surface area (Å²) >= 11 is 3.40. The van der Waals surface area contributed by atoms with Crippen LogP contribution in [-0.4, -0.2) is 43.5 Å². The van der Waals surface area contributed by atoms with Gasteiger partial charge in [-0.3, -0.25) is 0 Å². The van der Waals surface area contributed by atoms with Gasteiger partial charge >= 0.3 is 5.97 Å². The summed E-state index contributed by atoms with van der Waals surface area (Å²) in [6.07, 6.45) is 0.885. The molecule has 1 aliphatic rings. The maximum absolute atomic E-state index is 10.9. The summed E-state index contributed by atoms with van der Waals surface area (Å²) in [6, 6.07) is 5.03. The van der Waals surface area contributed by atoms with Crippen LogP contribution in [0.3, 0.4) is 0 Å². The van der Waals surface area contributed by atoms with Gasteiger partial charge in [-0.2, -0.15) is 0 Å². The minimum Gasteiger partial charge on any atom is -0.478 e. The quantitative estimate of drug-likeness (QED) is 0.827. The van der Waals surface area contributed by atoms with Gasteiger partial charge in [-0.1, -0.05) is 22.0 Å². The van der Waals surface area contributed by atoms with E-state index in [1.54, 1.807) is 19.2 Å². The smallest absolute Gasteiger partial charge is 0.335 e. The Morgan fingerprint density at radius 2 is 2.40 bits per heavy atom. The number of rotatable bonds is 6. The molecule has 1 aliphatic heterocycles. The number of hydrogen-bond acceptors (Lipinski definition) is 4. The highest BCUT2D eigenvalue weighted by Crippen LogP contribution is 2.22. The maximum Gasteiger partial charge on any atom is 0.335 e. The summed E-state index contributed by atoms with van der Waals surface area (Å²) in [5, 5.41) is 12.3. The molecule has 0 aromatic heterocycles. The number of nitrogens with one attached hydrogen (secondary N) is 1. The lowest BCUT2D eigenvalue weighted by atomic mass is 10.0. The molecule has 2 rings (SSSR count). The fourth-order valence-electron chi connectivity index (χ4n) is 2.21. The molecule has 2 N–H and O–H groups in total. The van der Waals surface area contributed by atoms with Gasteiger partial charge in [0, 0.05) is 37.7 Å². The minimum absolute atomic E-state index is 0.243. The van der Waals surface area contributed by atoms with E-state index in [0.717, 1.165) is 23.1 Å². The van der Waals surface area contributed by atoms with Crippen molar-refractivity contribution in [2.45, 2.75) is 18.6 Å². The van der Waals surface area contributed by atoms with Gasteiger partial charge in [0.05, 0.1) is 12.2 Å². The molecule has 0 spiro atoms. The van der Waals surface area contributed by atoms with E-state index >= 15 is 0 Å². The van der Waals surface area contributed by atoms with Gasteiger partial charge in [-0.15, -0.1) is 0 Å². The second-order valence-electron chi connectivity index (χ2n) is 4.90. The molecular formula is C14H18BrNO4. The molecule has 0 radical (unpaired) electrons. The summed E-state index contributed by atoms with van der Waals surface area (Å²) in [7, 11) is 1.70. The third-order valence-corrected chi connectivity index (χ3v) is 4.30. The van der Waals surface area contributed by atoms with E-state index in [2.05, 4.69) is 21.2 Å². The van der Waals surface area contributed by atoms with Crippen molar-refractivity contribution < 1.29 is 19.4 Å². The first-order valence-electron chi connectivity index (χ1n) is 6.42. The molecule has 0 aliphatic carbocycles. The van der Waals surface area contributed by atoms with Gasteiger partial charge in [0.2, 0.25) is 0 Å². The number of carboxylic acids is 1. The van der Waals surface area contributed by atoms with Gasteiger partial charge in [0.15, 0.2) is 0 Å². The van der Waals surface area contributed by atoms with E-state index < -0.39 is 5.97 Å². The van der Waals surface area contributed by atoms with Crippen molar-refractivity contribution in [1.29, 1.82) is 0 Å². The van der Waals surface area contributed by atoms with Crippen molar-refractivity contribution in [2.24, 2.45) is 0 Å². The molecule has 0 saturated carbocycles. The zero-order valence-electron chi connectivity index (χ0n) is 11.3. The zero-order valence-corrected chi connectivity index (χ0v) is 12.9. The molecule has 1 atom stereocenters. The average Bonchev–Trinajstić information content (AvgIpc) is 2.90. The third kappa shape index (κ3) is 3.58. The predicted octanol–water partition coefficient (Wildman–Crippen LogP) is 2.04. The van der Waals surface area contributed by atoms with Crippen LogP contribution < -0.4 is 5.32 Å². The van der Waals surface area contributed by atoms with Crippen molar-refractivity contribution in [1.82, 2.24) is 5.32 Å². The van der Waals surface area contributed by atoms with E-state index in [0.29, 0.717) is 19.7 Å². The van der Waals surface area contributed by atoms with Crippen LogP contribution in [0.1, 0.15) is 22.3 Å². The first kappa shape index (κ1) is 15.4. The van der Waals surface area contributed by atoms with Crippen LogP contribution in [0.25, 0.3) is 0 Å². The lowest BCUT2D eigenvalue weighted by molar-refractivity contribution is -0.0159. The van der Waals surface area contributed by atoms with Gasteiger partial charge in [0.1, 0.15) is 5.60 Å². The molecule has 0 bridgehead atoms. The molecule has 20 heavy (non-hydrogen) atoms. The van der Waals surface area contributed by atoms with Crippen molar-refractivity contribution in [3.05, 3.63) is 33.8 Å². The molecule has 1 unspecified atom stereocenters. The molecule has 0 amide bonds. The first-order valence-corrected chi connectivity index (χ1v) is 7.21. The van der Waals surface area contributed by atoms with Gasteiger partial charge in [-0.05, 0) is 17.7 Å². The van der Waals surface area contributed by atoms with Crippen molar-refractivity contribution >= 4 is 21.9 Å². The Morgan fingerprint density at radius 3 is 2.95 bits per heavy atom. The number of hydrogen-bond donors (Lipinski definition) is 2. The lowest BCUT2D eigenvalue weighted by Crippen LogP contribution is -2.42. The molecule has 110 valence electrons. The highest BCUT2D eigenvalue weighted by molar-refractivity contribution is 9.10. The van der Waals surface area contributed by atoms with E-state index in [1.807, 2.05) is 6.07 Å². The molecular weight excluding hydrogens is 326 g/mol. The number of ether oxygens (including phenoxy) is 2. The largest absolute Gasteiger partial charge is 0.478 e. The number of methoxy groups -OCH3 is 1. The Kier molecular flexibility index (Phi) is 5.15. The highest BCUT2D eigenvalue weighted by Gasteiger charge is 2.34. The van der Waals surface area contributed by atoms with Crippen molar-refractivity contribution in [3.63, 3.8) is 0 Å². The van der Waals surface area contributed by atoms with Gasteiger partial charge in [0.25, 0.3) is 0 Å². The summed E-state index contributed by atoms with van der Waals surface area (Å²) in [5.41, 5.74) is 1.05. The standard InChI is InChI=1S/C14H18BrNO4/c1-19-14(4-5-20-9-14)8-16-7-11-3-2-10(13(17)18)6-12(11)15/h2-3,6,16H,4-5,7-9H2,1H3,(H,17,18). The molecule has 1 aromatic rings. The minimum atomic E-state index is -0.924. The van der Waals surface area contributed by atoms with Gasteiger partial charge in [-0.25, -0.2) is 4.79 Å². The van der Waals surface area contributed by atoms with Gasteiger partial charge < -0.3 is 19.9 Å². The summed E-state index contributed by atoms with van der Waals surface area (Å²) in [4.78, 5) is 10.9. The number of aromatic carboxylic acids is 1. The van der Waals surface area contributed by atoms with Crippen LogP contribution in [0, 0.1) is 0 Å². The van der Waals surface area contributed by atoms with Crippen LogP contribution in [0.2, 0.25) is 0 Å². The molecule has 1 saturated heterocycles. The Balaban J connectivity index is 1.92. The Hall–Kier alpha value is -0.950. The van der Waals surface area contributed by atoms with E-state index in [1.165, 1.54) is 0 Å². The summed E-state index contributed by atoms with van der Waals surface area (Å²) < 4.78 is 11.7. The number of carbonyl (C=O) groups is 1. The Labute approximate surface area is 126 Å². The van der Waals surface area contributed by atoms with Crippen LogP contribution in [0.15, 0.2) is 22.7 Å². The van der Waals surface area contributed by atoms with Crippen molar-refractivity contribution in [2.75, 3.05) is 26.9 Å². The Morgan fingerprint density at radius 1 is 1.60 bits per heavy atom. The van der Waals surface area contributed by atoms with Crippen LogP contribution in [-0.2, 0) is 16.0 Å². The summed E-state index contributed by atoms with van der Waals surface area (Å²) in [5.74, 6) is -0.924. The first-order chi connectivity index (χ1) is 9.56. The third-order valence-electron chi connectivity index (χ3n) is 3.56. The number of carboxylic acid groups (broad SMARTS) is 1. The monoisotopic (exact) mass is 343 g/mol. The molecule has 1 aromatic carbocycles. The predicted molar refractivity (Wildman–Crippen MR) is 78.0 cm³/mol. The SMILES string of the molecule is COC1(CNCc2ccc(C(=O)O)cc2Br)CCOC1. The topological polar surface area (TPSA) is 67.8 Å².